The molecule has 0 aliphatic rings. The number of carbonyl (C=O) groups is 1. The van der Waals surface area contributed by atoms with Crippen molar-refractivity contribution in [2.75, 3.05) is 26.8 Å². The Morgan fingerprint density at radius 1 is 1.50 bits per heavy atom. The predicted molar refractivity (Wildman–Crippen MR) is 73.4 cm³/mol. The van der Waals surface area contributed by atoms with Crippen molar-refractivity contribution in [1.29, 1.82) is 0 Å². The first kappa shape index (κ1) is 16.7. The molecule has 4 N–H and O–H groups in total. The van der Waals surface area contributed by atoms with E-state index in [1.807, 2.05) is 13.8 Å². The van der Waals surface area contributed by atoms with Gasteiger partial charge in [-0.25, -0.2) is 0 Å². The Hall–Kier alpha value is -1.30. The smallest absolute Gasteiger partial charge is 0.224 e. The van der Waals surface area contributed by atoms with Crippen LogP contribution in [0.25, 0.3) is 0 Å². The first-order valence-corrected chi connectivity index (χ1v) is 6.17. The number of nitrogens with zero attached hydrogens (tertiary/aromatic N) is 1. The van der Waals surface area contributed by atoms with E-state index in [-0.39, 0.29) is 11.9 Å². The first-order valence-electron chi connectivity index (χ1n) is 6.17. The Balaban J connectivity index is 4.53. The van der Waals surface area contributed by atoms with Gasteiger partial charge in [0.05, 0.1) is 18.6 Å². The van der Waals surface area contributed by atoms with Gasteiger partial charge in [0, 0.05) is 19.7 Å². The highest BCUT2D eigenvalue weighted by molar-refractivity contribution is 5.82. The van der Waals surface area contributed by atoms with Crippen LogP contribution in [0.15, 0.2) is 4.99 Å². The number of rotatable bonds is 7. The Kier molecular flexibility index (Phi) is 7.35. The van der Waals surface area contributed by atoms with E-state index in [0.29, 0.717) is 19.1 Å². The van der Waals surface area contributed by atoms with Crippen LogP contribution in [0.3, 0.4) is 0 Å². The van der Waals surface area contributed by atoms with Gasteiger partial charge in [-0.3, -0.25) is 9.79 Å². The maximum atomic E-state index is 11.2. The lowest BCUT2D eigenvalue weighted by molar-refractivity contribution is -0.125. The molecule has 0 aromatic carbocycles. The fraction of sp³-hybridized carbons (Fsp3) is 0.833. The summed E-state index contributed by atoms with van der Waals surface area (Å²) in [6, 6.07) is 0.143. The second kappa shape index (κ2) is 7.92. The third kappa shape index (κ3) is 6.44. The fourth-order valence-electron chi connectivity index (χ4n) is 1.20. The second-order valence-electron chi connectivity index (χ2n) is 4.94. The van der Waals surface area contributed by atoms with Crippen LogP contribution in [-0.4, -0.2) is 44.7 Å². The van der Waals surface area contributed by atoms with Crippen molar-refractivity contribution in [2.45, 2.75) is 33.7 Å². The van der Waals surface area contributed by atoms with E-state index in [2.05, 4.69) is 15.6 Å². The van der Waals surface area contributed by atoms with Gasteiger partial charge < -0.3 is 21.1 Å². The number of guanidine groups is 1. The van der Waals surface area contributed by atoms with Gasteiger partial charge in [-0.2, -0.15) is 0 Å². The van der Waals surface area contributed by atoms with Gasteiger partial charge in [0.15, 0.2) is 5.96 Å². The fourth-order valence-corrected chi connectivity index (χ4v) is 1.20. The number of nitrogens with one attached hydrogen (secondary N) is 2. The van der Waals surface area contributed by atoms with Gasteiger partial charge in [-0.15, -0.1) is 0 Å². The van der Waals surface area contributed by atoms with E-state index in [4.69, 9.17) is 10.5 Å². The lowest BCUT2D eigenvalue weighted by atomic mass is 9.93. The molecule has 0 aromatic heterocycles. The molecule has 0 saturated carbocycles. The second-order valence-corrected chi connectivity index (χ2v) is 4.94. The largest absolute Gasteiger partial charge is 0.383 e. The molecule has 0 aliphatic carbocycles. The van der Waals surface area contributed by atoms with Crippen molar-refractivity contribution in [3.05, 3.63) is 0 Å². The third-order valence-corrected chi connectivity index (χ3v) is 2.44. The summed E-state index contributed by atoms with van der Waals surface area (Å²) in [6.07, 6.45) is 0. The van der Waals surface area contributed by atoms with Crippen molar-refractivity contribution in [3.63, 3.8) is 0 Å². The van der Waals surface area contributed by atoms with Crippen molar-refractivity contribution in [3.8, 4) is 0 Å². The summed E-state index contributed by atoms with van der Waals surface area (Å²) in [5.41, 5.74) is 4.66. The highest BCUT2D eigenvalue weighted by Crippen LogP contribution is 2.13. The molecule has 0 saturated heterocycles. The number of carbonyl (C=O) groups excluding carboxylic acids is 1. The molecule has 0 rings (SSSR count). The van der Waals surface area contributed by atoms with Gasteiger partial charge in [0.1, 0.15) is 0 Å². The molecule has 0 aromatic rings. The topological polar surface area (TPSA) is 88.7 Å². The zero-order valence-electron chi connectivity index (χ0n) is 12.0. The first-order chi connectivity index (χ1) is 8.33. The Labute approximate surface area is 109 Å². The summed E-state index contributed by atoms with van der Waals surface area (Å²) < 4.78 is 5.05. The van der Waals surface area contributed by atoms with E-state index in [9.17, 15) is 4.79 Å². The lowest BCUT2D eigenvalue weighted by Crippen LogP contribution is -2.45. The van der Waals surface area contributed by atoms with Gasteiger partial charge >= 0.3 is 0 Å². The molecule has 1 unspecified atom stereocenters. The van der Waals surface area contributed by atoms with Gasteiger partial charge in [0.2, 0.25) is 5.91 Å². The molecule has 6 heteroatoms. The van der Waals surface area contributed by atoms with E-state index in [1.54, 1.807) is 21.0 Å². The predicted octanol–water partition coefficient (Wildman–Crippen LogP) is 0.0879. The highest BCUT2D eigenvalue weighted by Gasteiger charge is 2.24. The van der Waals surface area contributed by atoms with E-state index in [1.165, 1.54) is 0 Å². The summed E-state index contributed by atoms with van der Waals surface area (Å²) in [4.78, 5) is 15.6. The van der Waals surface area contributed by atoms with Crippen molar-refractivity contribution in [2.24, 2.45) is 16.1 Å². The van der Waals surface area contributed by atoms with Gasteiger partial charge in [-0.1, -0.05) is 0 Å². The number of methoxy groups -OCH3 is 1. The Bertz CT molecular complexity index is 290. The van der Waals surface area contributed by atoms with E-state index < -0.39 is 5.41 Å². The summed E-state index contributed by atoms with van der Waals surface area (Å²) in [7, 11) is 1.65. The van der Waals surface area contributed by atoms with Gasteiger partial charge in [-0.05, 0) is 27.7 Å². The minimum absolute atomic E-state index is 0.143. The Morgan fingerprint density at radius 2 is 2.11 bits per heavy atom. The van der Waals surface area contributed by atoms with Gasteiger partial charge in [0.25, 0.3) is 0 Å². The van der Waals surface area contributed by atoms with Crippen LogP contribution in [0.2, 0.25) is 0 Å². The normalized spacial score (nSPS) is 14.2. The highest BCUT2D eigenvalue weighted by atomic mass is 16.5. The maximum Gasteiger partial charge on any atom is 0.224 e. The molecule has 6 nitrogen and oxygen atoms in total. The average molecular weight is 258 g/mol. The van der Waals surface area contributed by atoms with E-state index >= 15 is 0 Å². The van der Waals surface area contributed by atoms with Crippen LogP contribution in [0.5, 0.6) is 0 Å². The zero-order chi connectivity index (χ0) is 14.2. The molecule has 0 aliphatic heterocycles. The third-order valence-electron chi connectivity index (χ3n) is 2.44. The van der Waals surface area contributed by atoms with Crippen LogP contribution in [0.4, 0.5) is 0 Å². The molecule has 1 atom stereocenters. The SMILES string of the molecule is CCNC(=NCC(C)(C)C(N)=O)NC(C)COC. The lowest BCUT2D eigenvalue weighted by Gasteiger charge is -2.21. The maximum absolute atomic E-state index is 11.2. The summed E-state index contributed by atoms with van der Waals surface area (Å²) >= 11 is 0. The molecular weight excluding hydrogens is 232 g/mol. The molecule has 18 heavy (non-hydrogen) atoms. The van der Waals surface area contributed by atoms with Crippen molar-refractivity contribution in [1.82, 2.24) is 10.6 Å². The number of aliphatic imine (C=N–C) groups is 1. The Morgan fingerprint density at radius 3 is 2.56 bits per heavy atom. The van der Waals surface area contributed by atoms with Crippen LogP contribution in [0, 0.1) is 5.41 Å². The summed E-state index contributed by atoms with van der Waals surface area (Å²) in [5.74, 6) is 0.309. The molecule has 0 heterocycles. The molecule has 0 radical (unpaired) electrons. The monoisotopic (exact) mass is 258 g/mol. The molecule has 106 valence electrons. The average Bonchev–Trinajstić information content (AvgIpc) is 2.26. The molecular formula is C12H26N4O2. The van der Waals surface area contributed by atoms with Crippen LogP contribution < -0.4 is 16.4 Å². The molecule has 1 amide bonds. The molecule has 0 fully saturated rings. The minimum Gasteiger partial charge on any atom is -0.383 e. The summed E-state index contributed by atoms with van der Waals surface area (Å²) in [6.45, 7) is 9.22. The zero-order valence-corrected chi connectivity index (χ0v) is 12.0. The number of hydrogen-bond acceptors (Lipinski definition) is 3. The quantitative estimate of drug-likeness (QED) is 0.446. The van der Waals surface area contributed by atoms with Crippen molar-refractivity contribution >= 4 is 11.9 Å². The van der Waals surface area contributed by atoms with Crippen LogP contribution in [0.1, 0.15) is 27.7 Å². The van der Waals surface area contributed by atoms with Crippen LogP contribution >= 0.6 is 0 Å². The molecule has 0 bridgehead atoms. The summed E-state index contributed by atoms with van der Waals surface area (Å²) in [5, 5.41) is 6.31. The van der Waals surface area contributed by atoms with Crippen LogP contribution in [-0.2, 0) is 9.53 Å². The van der Waals surface area contributed by atoms with E-state index in [0.717, 1.165) is 6.54 Å². The number of ether oxygens (including phenoxy) is 1. The number of hydrogen-bond donors (Lipinski definition) is 3. The standard InChI is InChI=1S/C12H26N4O2/c1-6-14-11(16-9(2)7-18-5)15-8-12(3,4)10(13)17/h9H,6-8H2,1-5H3,(H2,13,17)(H2,14,15,16). The minimum atomic E-state index is -0.646. The number of nitrogens with two attached hydrogens (primary N) is 1. The number of amides is 1. The van der Waals surface area contributed by atoms with Crippen molar-refractivity contribution < 1.29 is 9.53 Å². The molecule has 0 spiro atoms. The number of primary amides is 1.